The number of nitrogens with zero attached hydrogens (tertiary/aromatic N) is 2. The molecular formula is C54H33BN2. The minimum absolute atomic E-state index is 0.00138. The lowest BCUT2D eigenvalue weighted by Crippen LogP contribution is -2.59. The van der Waals surface area contributed by atoms with E-state index < -0.39 is 0 Å². The van der Waals surface area contributed by atoms with Gasteiger partial charge in [0.05, 0.1) is 16.6 Å². The Morgan fingerprint density at radius 1 is 0.246 bits per heavy atom. The highest BCUT2D eigenvalue weighted by atomic mass is 15.0. The van der Waals surface area contributed by atoms with Crippen LogP contribution in [0.15, 0.2) is 200 Å². The molecule has 9 aromatic carbocycles. The van der Waals surface area contributed by atoms with Gasteiger partial charge in [0.15, 0.2) is 0 Å². The third-order valence-corrected chi connectivity index (χ3v) is 12.8. The predicted molar refractivity (Wildman–Crippen MR) is 245 cm³/mol. The van der Waals surface area contributed by atoms with E-state index in [0.29, 0.717) is 0 Å². The summed E-state index contributed by atoms with van der Waals surface area (Å²) in [6, 6.07) is 75.0. The van der Waals surface area contributed by atoms with Crippen LogP contribution in [0.5, 0.6) is 0 Å². The highest BCUT2D eigenvalue weighted by molar-refractivity contribution is 7.00. The topological polar surface area (TPSA) is 9.86 Å². The molecule has 57 heavy (non-hydrogen) atoms. The third-order valence-electron chi connectivity index (χ3n) is 12.8. The van der Waals surface area contributed by atoms with Gasteiger partial charge in [-0.3, -0.25) is 0 Å². The average Bonchev–Trinajstić information content (AvgIpc) is 3.36. The lowest BCUT2D eigenvalue weighted by atomic mass is 9.34. The first kappa shape index (κ1) is 30.9. The van der Waals surface area contributed by atoms with E-state index in [1.807, 2.05) is 0 Å². The standard InChI is InChI=1S/C54H33BN2/c1-6-21-39-34(16-1)36-18-3-7-22-40(36)44-26-15-28-47-53(44)57(49-30-13-10-25-43(39)49)51-33-32-45-41-23-8-4-19-37(41)35-17-2-5-20-38(35)42-24-9-12-29-48(42)56-50-31-14-11-27-46(50)55(47)52(51)54(45)56/h1-33H. The molecule has 0 fully saturated rings. The van der Waals surface area contributed by atoms with Crippen molar-refractivity contribution in [1.82, 2.24) is 9.13 Å². The summed E-state index contributed by atoms with van der Waals surface area (Å²) in [4.78, 5) is 0. The summed E-state index contributed by atoms with van der Waals surface area (Å²) in [6.45, 7) is -0.00138. The van der Waals surface area contributed by atoms with Crippen molar-refractivity contribution in [3.05, 3.63) is 200 Å². The van der Waals surface area contributed by atoms with E-state index in [1.165, 1.54) is 114 Å². The van der Waals surface area contributed by atoms with Crippen molar-refractivity contribution in [2.45, 2.75) is 0 Å². The van der Waals surface area contributed by atoms with Gasteiger partial charge in [-0.05, 0) is 83.7 Å². The maximum atomic E-state index is 2.61. The van der Waals surface area contributed by atoms with Gasteiger partial charge in [-0.15, -0.1) is 0 Å². The minimum atomic E-state index is -0.00138. The Morgan fingerprint density at radius 3 is 1.16 bits per heavy atom. The summed E-state index contributed by atoms with van der Waals surface area (Å²) >= 11 is 0. The van der Waals surface area contributed by atoms with E-state index in [9.17, 15) is 0 Å². The third kappa shape index (κ3) is 4.10. The molecular weight excluding hydrogens is 687 g/mol. The monoisotopic (exact) mass is 720 g/mol. The Bertz CT molecular complexity index is 3720. The fourth-order valence-electron chi connectivity index (χ4n) is 10.6. The van der Waals surface area contributed by atoms with Crippen LogP contribution in [0, 0.1) is 0 Å². The number of hydrogen-bond donors (Lipinski definition) is 0. The maximum Gasteiger partial charge on any atom is 0.252 e. The van der Waals surface area contributed by atoms with Crippen molar-refractivity contribution in [1.29, 1.82) is 0 Å². The van der Waals surface area contributed by atoms with Crippen molar-refractivity contribution in [3.8, 4) is 11.4 Å². The zero-order valence-corrected chi connectivity index (χ0v) is 31.0. The number of aromatic nitrogens is 2. The van der Waals surface area contributed by atoms with Crippen LogP contribution in [0.1, 0.15) is 0 Å². The first-order valence-electron chi connectivity index (χ1n) is 19.9. The molecule has 0 bridgehead atoms. The van der Waals surface area contributed by atoms with Crippen LogP contribution in [0.25, 0.3) is 98.1 Å². The van der Waals surface area contributed by atoms with Crippen LogP contribution in [0.2, 0.25) is 0 Å². The van der Waals surface area contributed by atoms with E-state index in [0.717, 1.165) is 0 Å². The second-order valence-corrected chi connectivity index (χ2v) is 15.5. The van der Waals surface area contributed by atoms with Crippen molar-refractivity contribution < 1.29 is 0 Å². The van der Waals surface area contributed by atoms with Gasteiger partial charge in [0.2, 0.25) is 0 Å². The second kappa shape index (κ2) is 11.6. The zero-order valence-electron chi connectivity index (χ0n) is 31.0. The van der Waals surface area contributed by atoms with Crippen LogP contribution in [-0.2, 0) is 0 Å². The lowest BCUT2D eigenvalue weighted by Gasteiger charge is -2.35. The molecule has 3 heteroatoms. The Balaban J connectivity index is 1.40. The smallest absolute Gasteiger partial charge is 0.252 e. The zero-order chi connectivity index (χ0) is 37.2. The molecule has 0 radical (unpaired) electrons. The SMILES string of the molecule is c1ccc2c(c1)B1c3cccc4c5ccccc5c5ccccc5c5ccccc5n(c34)-c3ccc4c5ccccc5c5ccccc5c5ccccc5n-2c4c31. The molecule has 262 valence electrons. The molecule has 4 heterocycles. The second-order valence-electron chi connectivity index (χ2n) is 15.5. The van der Waals surface area contributed by atoms with Crippen LogP contribution >= 0.6 is 0 Å². The lowest BCUT2D eigenvalue weighted by molar-refractivity contribution is 1.15. The Kier molecular flexibility index (Phi) is 6.28. The summed E-state index contributed by atoms with van der Waals surface area (Å²) in [5.41, 5.74) is 11.3. The molecule has 0 N–H and O–H groups in total. The van der Waals surface area contributed by atoms with E-state index >= 15 is 0 Å². The molecule has 2 aliphatic heterocycles. The predicted octanol–water partition coefficient (Wildman–Crippen LogP) is 11.9. The summed E-state index contributed by atoms with van der Waals surface area (Å²) in [5, 5.41) is 14.9. The average molecular weight is 721 g/mol. The van der Waals surface area contributed by atoms with Crippen molar-refractivity contribution in [3.63, 3.8) is 0 Å². The molecule has 2 nitrogen and oxygen atoms in total. The summed E-state index contributed by atoms with van der Waals surface area (Å²) in [7, 11) is 0. The van der Waals surface area contributed by atoms with Crippen molar-refractivity contribution in [2.24, 2.45) is 0 Å². The molecule has 0 aliphatic carbocycles. The van der Waals surface area contributed by atoms with Gasteiger partial charge in [-0.1, -0.05) is 176 Å². The fraction of sp³-hybridized carbons (Fsp3) is 0. The van der Waals surface area contributed by atoms with Gasteiger partial charge in [0.25, 0.3) is 6.71 Å². The first-order valence-corrected chi connectivity index (χ1v) is 19.9. The summed E-state index contributed by atoms with van der Waals surface area (Å²) < 4.78 is 5.20. The van der Waals surface area contributed by atoms with E-state index in [1.54, 1.807) is 0 Å². The fourth-order valence-corrected chi connectivity index (χ4v) is 10.6. The molecule has 0 amide bonds. The Hall–Kier alpha value is -7.36. The minimum Gasteiger partial charge on any atom is -0.310 e. The molecule has 2 aliphatic rings. The molecule has 0 saturated heterocycles. The summed E-state index contributed by atoms with van der Waals surface area (Å²) in [6.07, 6.45) is 0. The molecule has 0 saturated carbocycles. The van der Waals surface area contributed by atoms with Crippen molar-refractivity contribution in [2.75, 3.05) is 0 Å². The number of fused-ring (bicyclic) bond motifs is 19. The van der Waals surface area contributed by atoms with Crippen LogP contribution in [0.4, 0.5) is 0 Å². The van der Waals surface area contributed by atoms with Gasteiger partial charge < -0.3 is 9.13 Å². The van der Waals surface area contributed by atoms with E-state index in [-0.39, 0.29) is 6.71 Å². The molecule has 0 spiro atoms. The van der Waals surface area contributed by atoms with E-state index in [4.69, 9.17) is 0 Å². The normalized spacial score (nSPS) is 12.5. The molecule has 11 aromatic rings. The summed E-state index contributed by atoms with van der Waals surface area (Å²) in [5.74, 6) is 0. The van der Waals surface area contributed by atoms with Crippen molar-refractivity contribution >= 4 is 110 Å². The molecule has 0 atom stereocenters. The largest absolute Gasteiger partial charge is 0.310 e. The Labute approximate surface area is 329 Å². The number of para-hydroxylation sites is 4. The number of hydrogen-bond acceptors (Lipinski definition) is 0. The van der Waals surface area contributed by atoms with Gasteiger partial charge >= 0.3 is 0 Å². The highest BCUT2D eigenvalue weighted by Crippen LogP contribution is 2.39. The van der Waals surface area contributed by atoms with Gasteiger partial charge in [0, 0.05) is 38.4 Å². The van der Waals surface area contributed by atoms with Crippen LogP contribution < -0.4 is 16.4 Å². The molecule has 2 aromatic heterocycles. The first-order chi connectivity index (χ1) is 28.3. The number of benzene rings is 9. The van der Waals surface area contributed by atoms with Crippen LogP contribution in [0.3, 0.4) is 0 Å². The maximum absolute atomic E-state index is 2.61. The van der Waals surface area contributed by atoms with Gasteiger partial charge in [-0.25, -0.2) is 0 Å². The quantitative estimate of drug-likeness (QED) is 0.138. The highest BCUT2D eigenvalue weighted by Gasteiger charge is 2.39. The molecule has 0 unspecified atom stereocenters. The van der Waals surface area contributed by atoms with Gasteiger partial charge in [0.1, 0.15) is 0 Å². The number of rotatable bonds is 0. The molecule has 13 rings (SSSR count). The Morgan fingerprint density at radius 2 is 0.614 bits per heavy atom. The van der Waals surface area contributed by atoms with E-state index in [2.05, 4.69) is 209 Å². The van der Waals surface area contributed by atoms with Gasteiger partial charge in [-0.2, -0.15) is 0 Å². The van der Waals surface area contributed by atoms with Crippen LogP contribution in [-0.4, -0.2) is 15.8 Å².